The molecule has 1 saturated heterocycles. The normalized spacial score (nSPS) is 18.9. The minimum Gasteiger partial charge on any atom is -0.333 e. The molecule has 1 unspecified atom stereocenters. The lowest BCUT2D eigenvalue weighted by molar-refractivity contribution is 0.0729. The van der Waals surface area contributed by atoms with Crippen LogP contribution < -0.4 is 5.32 Å². The SMILES string of the molecule is CNCC1CCCN1C(=O)c1nn(-c2ccccc2)c2c1CCC2.Cl. The number of carbonyl (C=O) groups excluding carboxylic acids is 1. The fourth-order valence-corrected chi connectivity index (χ4v) is 4.08. The van der Waals surface area contributed by atoms with Crippen LogP contribution in [0, 0.1) is 0 Å². The standard InChI is InChI=1S/C19H24N4O.ClH/c1-20-13-15-9-6-12-22(15)19(24)18-16-10-5-11-17(16)23(21-18)14-7-3-2-4-8-14;/h2-4,7-8,15,20H,5-6,9-13H2,1H3;1H. The Morgan fingerprint density at radius 1 is 1.24 bits per heavy atom. The third-order valence-corrected chi connectivity index (χ3v) is 5.21. The highest BCUT2D eigenvalue weighted by molar-refractivity contribution is 5.94. The maximum absolute atomic E-state index is 13.2. The molecule has 5 nitrogen and oxygen atoms in total. The molecule has 0 saturated carbocycles. The Labute approximate surface area is 154 Å². The van der Waals surface area contributed by atoms with Gasteiger partial charge in [0.1, 0.15) is 0 Å². The van der Waals surface area contributed by atoms with Gasteiger partial charge >= 0.3 is 0 Å². The van der Waals surface area contributed by atoms with E-state index in [4.69, 9.17) is 5.10 Å². The Balaban J connectivity index is 0.00000182. The smallest absolute Gasteiger partial charge is 0.274 e. The van der Waals surface area contributed by atoms with E-state index in [1.165, 1.54) is 11.3 Å². The number of benzene rings is 1. The van der Waals surface area contributed by atoms with E-state index in [9.17, 15) is 4.79 Å². The second-order valence-corrected chi connectivity index (χ2v) is 6.73. The van der Waals surface area contributed by atoms with E-state index in [-0.39, 0.29) is 18.3 Å². The molecular weight excluding hydrogens is 336 g/mol. The minimum absolute atomic E-state index is 0. The molecule has 2 aromatic rings. The molecule has 1 aliphatic heterocycles. The molecule has 1 aromatic heterocycles. The average molecular weight is 361 g/mol. The van der Waals surface area contributed by atoms with E-state index in [0.29, 0.717) is 11.7 Å². The Morgan fingerprint density at radius 2 is 2.04 bits per heavy atom. The quantitative estimate of drug-likeness (QED) is 0.911. The molecule has 25 heavy (non-hydrogen) atoms. The number of fused-ring (bicyclic) bond motifs is 1. The molecule has 1 atom stereocenters. The van der Waals surface area contributed by atoms with Crippen LogP contribution in [0.5, 0.6) is 0 Å². The van der Waals surface area contributed by atoms with Gasteiger partial charge in [-0.3, -0.25) is 4.79 Å². The number of para-hydroxylation sites is 1. The van der Waals surface area contributed by atoms with E-state index in [1.807, 2.05) is 34.8 Å². The molecule has 0 radical (unpaired) electrons. The number of amides is 1. The van der Waals surface area contributed by atoms with Gasteiger partial charge < -0.3 is 10.2 Å². The first-order valence-electron chi connectivity index (χ1n) is 8.91. The van der Waals surface area contributed by atoms with Crippen molar-refractivity contribution in [1.29, 1.82) is 0 Å². The summed E-state index contributed by atoms with van der Waals surface area (Å²) in [6.45, 7) is 1.70. The van der Waals surface area contributed by atoms with Crippen molar-refractivity contribution in [2.24, 2.45) is 0 Å². The lowest BCUT2D eigenvalue weighted by Crippen LogP contribution is -2.41. The molecule has 1 aliphatic carbocycles. The van der Waals surface area contributed by atoms with Gasteiger partial charge in [-0.2, -0.15) is 5.10 Å². The van der Waals surface area contributed by atoms with Crippen LogP contribution in [-0.2, 0) is 12.8 Å². The van der Waals surface area contributed by atoms with Crippen molar-refractivity contribution >= 4 is 18.3 Å². The number of hydrogen-bond acceptors (Lipinski definition) is 3. The van der Waals surface area contributed by atoms with E-state index in [2.05, 4.69) is 17.4 Å². The molecule has 4 rings (SSSR count). The summed E-state index contributed by atoms with van der Waals surface area (Å²) in [5.41, 5.74) is 4.10. The van der Waals surface area contributed by atoms with Gasteiger partial charge in [0.25, 0.3) is 5.91 Å². The molecule has 1 N–H and O–H groups in total. The maximum Gasteiger partial charge on any atom is 0.274 e. The number of likely N-dealkylation sites (tertiary alicyclic amines) is 1. The Kier molecular flexibility index (Phi) is 5.45. The van der Waals surface area contributed by atoms with Gasteiger partial charge in [-0.15, -0.1) is 12.4 Å². The van der Waals surface area contributed by atoms with Crippen LogP contribution >= 0.6 is 12.4 Å². The van der Waals surface area contributed by atoms with E-state index in [0.717, 1.165) is 50.9 Å². The molecule has 1 fully saturated rings. The highest BCUT2D eigenvalue weighted by atomic mass is 35.5. The van der Waals surface area contributed by atoms with Crippen LogP contribution in [-0.4, -0.2) is 46.8 Å². The van der Waals surface area contributed by atoms with Crippen LogP contribution in [0.4, 0.5) is 0 Å². The zero-order chi connectivity index (χ0) is 16.5. The van der Waals surface area contributed by atoms with Gasteiger partial charge in [-0.25, -0.2) is 4.68 Å². The van der Waals surface area contributed by atoms with Crippen LogP contribution in [0.25, 0.3) is 5.69 Å². The average Bonchev–Trinajstić information content (AvgIpc) is 3.31. The summed E-state index contributed by atoms with van der Waals surface area (Å²) in [7, 11) is 1.95. The van der Waals surface area contributed by atoms with Crippen molar-refractivity contribution in [3.8, 4) is 5.69 Å². The van der Waals surface area contributed by atoms with Crippen LogP contribution in [0.3, 0.4) is 0 Å². The number of rotatable bonds is 4. The second-order valence-electron chi connectivity index (χ2n) is 6.73. The molecule has 0 bridgehead atoms. The summed E-state index contributed by atoms with van der Waals surface area (Å²) in [5, 5.41) is 7.96. The Hall–Kier alpha value is -1.85. The third-order valence-electron chi connectivity index (χ3n) is 5.21. The first-order valence-corrected chi connectivity index (χ1v) is 8.91. The molecule has 1 amide bonds. The van der Waals surface area contributed by atoms with Crippen LogP contribution in [0.2, 0.25) is 0 Å². The number of halogens is 1. The lowest BCUT2D eigenvalue weighted by atomic mass is 10.1. The summed E-state index contributed by atoms with van der Waals surface area (Å²) in [6, 6.07) is 10.4. The van der Waals surface area contributed by atoms with Crippen LogP contribution in [0.1, 0.15) is 41.0 Å². The van der Waals surface area contributed by atoms with Crippen molar-refractivity contribution in [2.75, 3.05) is 20.1 Å². The van der Waals surface area contributed by atoms with Gasteiger partial charge in [0.05, 0.1) is 5.69 Å². The fourth-order valence-electron chi connectivity index (χ4n) is 4.08. The van der Waals surface area contributed by atoms with Gasteiger partial charge in [0.2, 0.25) is 0 Å². The first kappa shape index (κ1) is 18.0. The second kappa shape index (κ2) is 7.58. The Morgan fingerprint density at radius 3 is 2.80 bits per heavy atom. The third kappa shape index (κ3) is 3.18. The van der Waals surface area contributed by atoms with E-state index < -0.39 is 0 Å². The van der Waals surface area contributed by atoms with Crippen molar-refractivity contribution in [1.82, 2.24) is 20.0 Å². The number of carbonyl (C=O) groups is 1. The minimum atomic E-state index is 0. The predicted molar refractivity (Wildman–Crippen MR) is 101 cm³/mol. The molecule has 1 aromatic carbocycles. The summed E-state index contributed by atoms with van der Waals surface area (Å²) in [6.07, 6.45) is 5.24. The van der Waals surface area contributed by atoms with E-state index >= 15 is 0 Å². The molecule has 2 aliphatic rings. The highest BCUT2D eigenvalue weighted by Crippen LogP contribution is 2.30. The van der Waals surface area contributed by atoms with Crippen molar-refractivity contribution < 1.29 is 4.79 Å². The Bertz CT molecular complexity index is 743. The van der Waals surface area contributed by atoms with Gasteiger partial charge in [0, 0.05) is 30.4 Å². The highest BCUT2D eigenvalue weighted by Gasteiger charge is 2.34. The molecule has 6 heteroatoms. The molecule has 134 valence electrons. The van der Waals surface area contributed by atoms with Crippen molar-refractivity contribution in [3.63, 3.8) is 0 Å². The van der Waals surface area contributed by atoms with Gasteiger partial charge in [-0.05, 0) is 51.3 Å². The molecule has 2 heterocycles. The number of nitrogens with one attached hydrogen (secondary N) is 1. The first-order chi connectivity index (χ1) is 11.8. The number of aromatic nitrogens is 2. The topological polar surface area (TPSA) is 50.2 Å². The largest absolute Gasteiger partial charge is 0.333 e. The van der Waals surface area contributed by atoms with Gasteiger partial charge in [-0.1, -0.05) is 18.2 Å². The van der Waals surface area contributed by atoms with Crippen LogP contribution in [0.15, 0.2) is 30.3 Å². The fraction of sp³-hybridized carbons (Fsp3) is 0.474. The maximum atomic E-state index is 13.2. The van der Waals surface area contributed by atoms with Crippen molar-refractivity contribution in [2.45, 2.75) is 38.1 Å². The summed E-state index contributed by atoms with van der Waals surface area (Å²) >= 11 is 0. The molecular formula is C19H25ClN4O. The monoisotopic (exact) mass is 360 g/mol. The zero-order valence-electron chi connectivity index (χ0n) is 14.6. The lowest BCUT2D eigenvalue weighted by Gasteiger charge is -2.24. The van der Waals surface area contributed by atoms with E-state index in [1.54, 1.807) is 0 Å². The van der Waals surface area contributed by atoms with Crippen molar-refractivity contribution in [3.05, 3.63) is 47.3 Å². The summed E-state index contributed by atoms with van der Waals surface area (Å²) in [4.78, 5) is 15.2. The number of likely N-dealkylation sites (N-methyl/N-ethyl adjacent to an activating group) is 1. The summed E-state index contributed by atoms with van der Waals surface area (Å²) < 4.78 is 1.98. The molecule has 0 spiro atoms. The zero-order valence-corrected chi connectivity index (χ0v) is 15.4. The number of hydrogen-bond donors (Lipinski definition) is 1. The summed E-state index contributed by atoms with van der Waals surface area (Å²) in [5.74, 6) is 0.112. The number of nitrogens with zero attached hydrogens (tertiary/aromatic N) is 3. The van der Waals surface area contributed by atoms with Gasteiger partial charge in [0.15, 0.2) is 5.69 Å². The predicted octanol–water partition coefficient (Wildman–Crippen LogP) is 2.61.